The van der Waals surface area contributed by atoms with Gasteiger partial charge in [0.15, 0.2) is 0 Å². The van der Waals surface area contributed by atoms with Crippen LogP contribution in [-0.2, 0) is 21.4 Å². The van der Waals surface area contributed by atoms with Gasteiger partial charge in [0.25, 0.3) is 0 Å². The summed E-state index contributed by atoms with van der Waals surface area (Å²) in [6.07, 6.45) is 3.01. The van der Waals surface area contributed by atoms with Crippen LogP contribution < -0.4 is 9.62 Å². The molecule has 0 atom stereocenters. The Hall–Kier alpha value is -2.62. The Kier molecular flexibility index (Phi) is 6.98. The maximum absolute atomic E-state index is 12.9. The minimum atomic E-state index is -3.81. The van der Waals surface area contributed by atoms with Gasteiger partial charge in [0.2, 0.25) is 0 Å². The maximum atomic E-state index is 12.9. The minimum Gasteiger partial charge on any atom is -0.478 e. The van der Waals surface area contributed by atoms with Crippen LogP contribution in [0, 0.1) is 5.92 Å². The van der Waals surface area contributed by atoms with Crippen molar-refractivity contribution in [2.45, 2.75) is 19.3 Å². The van der Waals surface area contributed by atoms with E-state index in [9.17, 15) is 18.3 Å². The third-order valence-corrected chi connectivity index (χ3v) is 7.64. The molecule has 2 N–H and O–H groups in total. The van der Waals surface area contributed by atoms with Crippen molar-refractivity contribution in [3.63, 3.8) is 0 Å². The normalized spacial score (nSPS) is 18.4. The van der Waals surface area contributed by atoms with E-state index >= 15 is 0 Å². The Bertz CT molecular complexity index is 1030. The van der Waals surface area contributed by atoms with E-state index in [0.29, 0.717) is 30.5 Å². The number of carboxylic acids is 1. The number of piperidine rings is 1. The second-order valence-electron chi connectivity index (χ2n) is 8.28. The van der Waals surface area contributed by atoms with Gasteiger partial charge in [-0.3, -0.25) is 4.72 Å². The van der Waals surface area contributed by atoms with Crippen molar-refractivity contribution in [3.05, 3.63) is 59.7 Å². The summed E-state index contributed by atoms with van der Waals surface area (Å²) < 4.78 is 35.1. The lowest BCUT2D eigenvalue weighted by Gasteiger charge is -2.35. The molecule has 2 aromatic carbocycles. The van der Waals surface area contributed by atoms with Crippen LogP contribution in [0.5, 0.6) is 0 Å². The average Bonchev–Trinajstić information content (AvgIpc) is 2.81. The molecule has 0 radical (unpaired) electrons. The van der Waals surface area contributed by atoms with E-state index in [1.54, 1.807) is 6.07 Å². The van der Waals surface area contributed by atoms with Crippen molar-refractivity contribution in [1.29, 1.82) is 0 Å². The van der Waals surface area contributed by atoms with Crippen molar-refractivity contribution in [2.24, 2.45) is 5.92 Å². The van der Waals surface area contributed by atoms with E-state index in [2.05, 4.69) is 33.9 Å². The van der Waals surface area contributed by atoms with Crippen LogP contribution in [0.2, 0.25) is 0 Å². The lowest BCUT2D eigenvalue weighted by Crippen LogP contribution is -2.44. The Labute approximate surface area is 189 Å². The Balaban J connectivity index is 1.50. The number of rotatable bonds is 7. The highest BCUT2D eigenvalue weighted by atomic mass is 32.2. The van der Waals surface area contributed by atoms with Crippen molar-refractivity contribution in [2.75, 3.05) is 49.0 Å². The van der Waals surface area contributed by atoms with Gasteiger partial charge in [0.05, 0.1) is 30.2 Å². The lowest BCUT2D eigenvalue weighted by molar-refractivity contribution is 0.0697. The Morgan fingerprint density at radius 1 is 1.03 bits per heavy atom. The highest BCUT2D eigenvalue weighted by molar-refractivity contribution is 7.90. The van der Waals surface area contributed by atoms with Gasteiger partial charge in [-0.05, 0) is 48.9 Å². The number of carboxylic acid groups (broad SMARTS) is 1. The molecule has 2 fully saturated rings. The number of aromatic carboxylic acids is 1. The van der Waals surface area contributed by atoms with Crippen LogP contribution in [0.1, 0.15) is 28.8 Å². The van der Waals surface area contributed by atoms with Gasteiger partial charge in [-0.2, -0.15) is 12.7 Å². The van der Waals surface area contributed by atoms with Crippen LogP contribution in [-0.4, -0.2) is 63.2 Å². The molecular formula is C23H29N3O5S. The summed E-state index contributed by atoms with van der Waals surface area (Å²) in [5, 5.41) is 9.41. The number of benzene rings is 2. The zero-order valence-corrected chi connectivity index (χ0v) is 18.8. The Morgan fingerprint density at radius 2 is 1.72 bits per heavy atom. The first-order valence-electron chi connectivity index (χ1n) is 10.9. The summed E-state index contributed by atoms with van der Waals surface area (Å²) in [6.45, 7) is 2.81. The molecule has 2 aromatic rings. The molecule has 0 saturated carbocycles. The topological polar surface area (TPSA) is 99.2 Å². The number of anilines is 2. The van der Waals surface area contributed by atoms with Crippen molar-refractivity contribution >= 4 is 27.6 Å². The molecule has 0 aromatic heterocycles. The predicted octanol–water partition coefficient (Wildman–Crippen LogP) is 2.83. The first-order chi connectivity index (χ1) is 15.4. The fraction of sp³-hybridized carbons (Fsp3) is 0.435. The number of hydrogen-bond donors (Lipinski definition) is 2. The van der Waals surface area contributed by atoms with Crippen LogP contribution in [0.25, 0.3) is 0 Å². The van der Waals surface area contributed by atoms with Gasteiger partial charge in [0, 0.05) is 26.2 Å². The number of hydrogen-bond acceptors (Lipinski definition) is 5. The number of nitrogens with zero attached hydrogens (tertiary/aromatic N) is 2. The molecular weight excluding hydrogens is 430 g/mol. The zero-order valence-electron chi connectivity index (χ0n) is 17.9. The molecule has 2 saturated heterocycles. The van der Waals surface area contributed by atoms with Gasteiger partial charge in [-0.15, -0.1) is 0 Å². The third kappa shape index (κ3) is 5.40. The fourth-order valence-corrected chi connectivity index (χ4v) is 5.54. The molecule has 4 rings (SSSR count). The van der Waals surface area contributed by atoms with E-state index in [1.165, 1.54) is 22.0 Å². The molecule has 2 heterocycles. The van der Waals surface area contributed by atoms with Gasteiger partial charge in [-0.1, -0.05) is 30.3 Å². The third-order valence-electron chi connectivity index (χ3n) is 6.11. The molecule has 9 heteroatoms. The van der Waals surface area contributed by atoms with Crippen molar-refractivity contribution < 1.29 is 23.1 Å². The monoisotopic (exact) mass is 459 g/mol. The van der Waals surface area contributed by atoms with Gasteiger partial charge < -0.3 is 14.7 Å². The summed E-state index contributed by atoms with van der Waals surface area (Å²) in [5.74, 6) is -0.523. The summed E-state index contributed by atoms with van der Waals surface area (Å²) in [4.78, 5) is 13.6. The molecule has 2 aliphatic heterocycles. The van der Waals surface area contributed by atoms with E-state index in [1.807, 2.05) is 6.07 Å². The summed E-state index contributed by atoms with van der Waals surface area (Å²) in [7, 11) is -3.81. The highest BCUT2D eigenvalue weighted by Crippen LogP contribution is 2.33. The minimum absolute atomic E-state index is 0.0485. The fourth-order valence-electron chi connectivity index (χ4n) is 4.34. The highest BCUT2D eigenvalue weighted by Gasteiger charge is 2.27. The van der Waals surface area contributed by atoms with Crippen molar-refractivity contribution in [1.82, 2.24) is 4.31 Å². The number of ether oxygens (including phenoxy) is 1. The molecule has 0 bridgehead atoms. The van der Waals surface area contributed by atoms with E-state index < -0.39 is 16.2 Å². The standard InChI is InChI=1S/C23H29N3O5S/c27-23(28)20-6-7-22(21(17-20)24-32(29,30)26-12-14-31-15-13-26)25-10-8-19(9-11-25)16-18-4-2-1-3-5-18/h1-7,17,19,24H,8-16H2,(H,27,28). The molecule has 0 aliphatic carbocycles. The van der Waals surface area contributed by atoms with Crippen molar-refractivity contribution in [3.8, 4) is 0 Å². The Morgan fingerprint density at radius 3 is 2.38 bits per heavy atom. The molecule has 0 spiro atoms. The number of nitrogens with one attached hydrogen (secondary N) is 1. The molecule has 172 valence electrons. The largest absolute Gasteiger partial charge is 0.478 e. The first kappa shape index (κ1) is 22.6. The smallest absolute Gasteiger partial charge is 0.335 e. The van der Waals surface area contributed by atoms with Crippen LogP contribution in [0.15, 0.2) is 48.5 Å². The SMILES string of the molecule is O=C(O)c1ccc(N2CCC(Cc3ccccc3)CC2)c(NS(=O)(=O)N2CCOCC2)c1. The lowest BCUT2D eigenvalue weighted by atomic mass is 9.90. The number of morpholine rings is 1. The molecule has 0 amide bonds. The van der Waals surface area contributed by atoms with Crippen LogP contribution in [0.4, 0.5) is 11.4 Å². The maximum Gasteiger partial charge on any atom is 0.335 e. The number of carbonyl (C=O) groups is 1. The quantitative estimate of drug-likeness (QED) is 0.661. The van der Waals surface area contributed by atoms with Gasteiger partial charge in [-0.25, -0.2) is 4.79 Å². The van der Waals surface area contributed by atoms with E-state index in [4.69, 9.17) is 4.74 Å². The van der Waals surface area contributed by atoms with Gasteiger partial charge >= 0.3 is 16.2 Å². The zero-order chi connectivity index (χ0) is 22.6. The predicted molar refractivity (Wildman–Crippen MR) is 123 cm³/mol. The first-order valence-corrected chi connectivity index (χ1v) is 12.4. The summed E-state index contributed by atoms with van der Waals surface area (Å²) >= 11 is 0. The van der Waals surface area contributed by atoms with E-state index in [0.717, 1.165) is 32.4 Å². The van der Waals surface area contributed by atoms with Gasteiger partial charge in [0.1, 0.15) is 0 Å². The molecule has 8 nitrogen and oxygen atoms in total. The second kappa shape index (κ2) is 9.89. The molecule has 0 unspecified atom stereocenters. The molecule has 2 aliphatic rings. The molecule has 32 heavy (non-hydrogen) atoms. The van der Waals surface area contributed by atoms with Crippen LogP contribution >= 0.6 is 0 Å². The summed E-state index contributed by atoms with van der Waals surface area (Å²) in [6, 6.07) is 15.1. The van der Waals surface area contributed by atoms with E-state index in [-0.39, 0.29) is 18.7 Å². The van der Waals surface area contributed by atoms with Crippen LogP contribution in [0.3, 0.4) is 0 Å². The average molecular weight is 460 g/mol. The second-order valence-corrected chi connectivity index (χ2v) is 9.95. The summed E-state index contributed by atoms with van der Waals surface area (Å²) in [5.41, 5.74) is 2.39.